The molecule has 1 rings (SSSR count). The van der Waals surface area contributed by atoms with Crippen molar-refractivity contribution < 1.29 is 19.1 Å². The van der Waals surface area contributed by atoms with Crippen molar-refractivity contribution in [2.24, 2.45) is 0 Å². The summed E-state index contributed by atoms with van der Waals surface area (Å²) in [6, 6.07) is 3.49. The van der Waals surface area contributed by atoms with E-state index in [1.54, 1.807) is 0 Å². The lowest BCUT2D eigenvalue weighted by Crippen LogP contribution is -1.97. The third-order valence-electron chi connectivity index (χ3n) is 1.60. The summed E-state index contributed by atoms with van der Waals surface area (Å²) < 4.78 is 13.1. The van der Waals surface area contributed by atoms with Crippen molar-refractivity contribution in [2.75, 3.05) is 0 Å². The van der Waals surface area contributed by atoms with Crippen LogP contribution < -0.4 is 0 Å². The van der Waals surface area contributed by atoms with E-state index in [-0.39, 0.29) is 11.1 Å². The Labute approximate surface area is 79.5 Å². The Morgan fingerprint density at radius 1 is 1.43 bits per heavy atom. The van der Waals surface area contributed by atoms with E-state index in [0.717, 1.165) is 12.1 Å². The number of rotatable bonds is 3. The molecule has 0 saturated heterocycles. The van der Waals surface area contributed by atoms with Crippen LogP contribution in [0.3, 0.4) is 0 Å². The highest BCUT2D eigenvalue weighted by Gasteiger charge is 2.05. The summed E-state index contributed by atoms with van der Waals surface area (Å²) in [5, 5.41) is 8.54. The maximum Gasteiger partial charge on any atom is 0.335 e. The second kappa shape index (κ2) is 4.32. The van der Waals surface area contributed by atoms with Crippen molar-refractivity contribution in [3.63, 3.8) is 0 Å². The molecule has 1 N–H and O–H groups in total. The Morgan fingerprint density at radius 3 is 2.64 bits per heavy atom. The number of allylic oxidation sites excluding steroid dienone is 1. The van der Waals surface area contributed by atoms with E-state index in [1.807, 2.05) is 0 Å². The summed E-state index contributed by atoms with van der Waals surface area (Å²) in [6.07, 6.45) is 2.93. The van der Waals surface area contributed by atoms with Gasteiger partial charge in [0, 0.05) is 5.56 Å². The fourth-order valence-corrected chi connectivity index (χ4v) is 0.938. The zero-order chi connectivity index (χ0) is 10.6. The van der Waals surface area contributed by atoms with Crippen LogP contribution in [0.25, 0.3) is 6.08 Å². The normalized spacial score (nSPS) is 10.4. The fourth-order valence-electron chi connectivity index (χ4n) is 0.938. The molecule has 1 aromatic carbocycles. The first-order chi connectivity index (χ1) is 6.65. The SMILES string of the molecule is O=CC=Cc1ccc(C(=O)O)cc1F. The van der Waals surface area contributed by atoms with Gasteiger partial charge in [-0.15, -0.1) is 0 Å². The topological polar surface area (TPSA) is 54.4 Å². The highest BCUT2D eigenvalue weighted by atomic mass is 19.1. The molecule has 0 unspecified atom stereocenters. The van der Waals surface area contributed by atoms with E-state index < -0.39 is 11.8 Å². The van der Waals surface area contributed by atoms with Crippen molar-refractivity contribution in [2.45, 2.75) is 0 Å². The lowest BCUT2D eigenvalue weighted by molar-refractivity contribution is -0.104. The van der Waals surface area contributed by atoms with Crippen molar-refractivity contribution in [1.29, 1.82) is 0 Å². The molecule has 0 aliphatic carbocycles. The molecule has 4 heteroatoms. The number of carbonyl (C=O) groups excluding carboxylic acids is 1. The highest BCUT2D eigenvalue weighted by Crippen LogP contribution is 2.11. The molecule has 0 spiro atoms. The number of hydrogen-bond donors (Lipinski definition) is 1. The number of aldehydes is 1. The van der Waals surface area contributed by atoms with Crippen LogP contribution in [0.1, 0.15) is 15.9 Å². The van der Waals surface area contributed by atoms with Crippen LogP contribution in [0.5, 0.6) is 0 Å². The maximum absolute atomic E-state index is 13.1. The standard InChI is InChI=1S/C10H7FO3/c11-9-6-8(10(13)14)4-3-7(9)2-1-5-12/h1-6H,(H,13,14). The molecule has 0 amide bonds. The summed E-state index contributed by atoms with van der Waals surface area (Å²) in [5.74, 6) is -1.85. The zero-order valence-corrected chi connectivity index (χ0v) is 7.11. The van der Waals surface area contributed by atoms with E-state index in [0.29, 0.717) is 6.29 Å². The highest BCUT2D eigenvalue weighted by molar-refractivity contribution is 5.88. The first-order valence-electron chi connectivity index (χ1n) is 3.80. The molecule has 0 radical (unpaired) electrons. The molecule has 0 aliphatic rings. The second-order valence-electron chi connectivity index (χ2n) is 2.54. The van der Waals surface area contributed by atoms with Gasteiger partial charge in [-0.1, -0.05) is 6.07 Å². The van der Waals surface area contributed by atoms with Gasteiger partial charge in [-0.3, -0.25) is 4.79 Å². The second-order valence-corrected chi connectivity index (χ2v) is 2.54. The lowest BCUT2D eigenvalue weighted by atomic mass is 10.1. The van der Waals surface area contributed by atoms with Crippen LogP contribution in [-0.4, -0.2) is 17.4 Å². The summed E-state index contributed by atoms with van der Waals surface area (Å²) >= 11 is 0. The van der Waals surface area contributed by atoms with Crippen LogP contribution >= 0.6 is 0 Å². The summed E-state index contributed by atoms with van der Waals surface area (Å²) in [5.41, 5.74) is 0.0628. The molecule has 72 valence electrons. The molecule has 0 fully saturated rings. The van der Waals surface area contributed by atoms with Gasteiger partial charge in [-0.2, -0.15) is 0 Å². The number of halogens is 1. The zero-order valence-electron chi connectivity index (χ0n) is 7.11. The van der Waals surface area contributed by atoms with E-state index in [1.165, 1.54) is 18.2 Å². The molecule has 0 bridgehead atoms. The Hall–Kier alpha value is -1.97. The summed E-state index contributed by atoms with van der Waals surface area (Å²) in [4.78, 5) is 20.4. The quantitative estimate of drug-likeness (QED) is 0.589. The van der Waals surface area contributed by atoms with E-state index in [9.17, 15) is 14.0 Å². The molecule has 0 aromatic heterocycles. The molecule has 0 aliphatic heterocycles. The minimum Gasteiger partial charge on any atom is -0.478 e. The minimum atomic E-state index is -1.19. The summed E-state index contributed by atoms with van der Waals surface area (Å²) in [6.45, 7) is 0. The number of carbonyl (C=O) groups is 2. The monoisotopic (exact) mass is 194 g/mol. The summed E-state index contributed by atoms with van der Waals surface area (Å²) in [7, 11) is 0. The molecule has 1 aromatic rings. The number of carboxylic acids is 1. The molecule has 0 atom stereocenters. The van der Waals surface area contributed by atoms with Crippen molar-refractivity contribution in [1.82, 2.24) is 0 Å². The van der Waals surface area contributed by atoms with E-state index in [4.69, 9.17) is 5.11 Å². The molecule has 3 nitrogen and oxygen atoms in total. The maximum atomic E-state index is 13.1. The van der Waals surface area contributed by atoms with Crippen molar-refractivity contribution >= 4 is 18.3 Å². The van der Waals surface area contributed by atoms with Crippen LogP contribution in [-0.2, 0) is 4.79 Å². The third kappa shape index (κ3) is 2.26. The van der Waals surface area contributed by atoms with E-state index in [2.05, 4.69) is 0 Å². The number of carboxylic acid groups (broad SMARTS) is 1. The van der Waals surface area contributed by atoms with Crippen molar-refractivity contribution in [3.8, 4) is 0 Å². The molecule has 14 heavy (non-hydrogen) atoms. The minimum absolute atomic E-state index is 0.120. The first-order valence-corrected chi connectivity index (χ1v) is 3.80. The number of aromatic carboxylic acids is 1. The van der Waals surface area contributed by atoms with Gasteiger partial charge in [-0.25, -0.2) is 9.18 Å². The van der Waals surface area contributed by atoms with Crippen LogP contribution in [0.2, 0.25) is 0 Å². The van der Waals surface area contributed by atoms with Crippen LogP contribution in [0.4, 0.5) is 4.39 Å². The smallest absolute Gasteiger partial charge is 0.335 e. The predicted molar refractivity (Wildman–Crippen MR) is 48.5 cm³/mol. The Balaban J connectivity index is 3.07. The average Bonchev–Trinajstić information content (AvgIpc) is 2.15. The Morgan fingerprint density at radius 2 is 2.14 bits per heavy atom. The van der Waals surface area contributed by atoms with Gasteiger partial charge in [-0.05, 0) is 24.3 Å². The van der Waals surface area contributed by atoms with Gasteiger partial charge in [0.2, 0.25) is 0 Å². The van der Waals surface area contributed by atoms with Gasteiger partial charge in [0.1, 0.15) is 12.1 Å². The predicted octanol–water partition coefficient (Wildman–Crippen LogP) is 1.74. The number of benzene rings is 1. The van der Waals surface area contributed by atoms with Gasteiger partial charge in [0.05, 0.1) is 5.56 Å². The van der Waals surface area contributed by atoms with Crippen LogP contribution in [0, 0.1) is 5.82 Å². The Kier molecular flexibility index (Phi) is 3.12. The molecule has 0 heterocycles. The third-order valence-corrected chi connectivity index (χ3v) is 1.60. The van der Waals surface area contributed by atoms with Gasteiger partial charge in [0.25, 0.3) is 0 Å². The van der Waals surface area contributed by atoms with Gasteiger partial charge < -0.3 is 5.11 Å². The van der Waals surface area contributed by atoms with Crippen LogP contribution in [0.15, 0.2) is 24.3 Å². The average molecular weight is 194 g/mol. The lowest BCUT2D eigenvalue weighted by Gasteiger charge is -1.98. The first kappa shape index (κ1) is 10.1. The van der Waals surface area contributed by atoms with Gasteiger partial charge >= 0.3 is 5.97 Å². The largest absolute Gasteiger partial charge is 0.478 e. The molecular formula is C10H7FO3. The van der Waals surface area contributed by atoms with Gasteiger partial charge in [0.15, 0.2) is 0 Å². The fraction of sp³-hybridized carbons (Fsp3) is 0. The Bertz CT molecular complexity index is 396. The number of hydrogen-bond acceptors (Lipinski definition) is 2. The van der Waals surface area contributed by atoms with E-state index >= 15 is 0 Å². The molecule has 0 saturated carbocycles. The van der Waals surface area contributed by atoms with Crippen molar-refractivity contribution in [3.05, 3.63) is 41.2 Å². The molecular weight excluding hydrogens is 187 g/mol.